The molecular formula is C22H20FN3O4. The van der Waals surface area contributed by atoms with Crippen molar-refractivity contribution < 1.29 is 23.5 Å². The summed E-state index contributed by atoms with van der Waals surface area (Å²) in [5.41, 5.74) is 0. The molecule has 30 heavy (non-hydrogen) atoms. The maximum Gasteiger partial charge on any atom is 0.413 e. The fourth-order valence-electron chi connectivity index (χ4n) is 2.86. The molecule has 1 aromatic carbocycles. The average molecular weight is 409 g/mol. The molecule has 2 aromatic rings. The molecule has 0 aliphatic heterocycles. The van der Waals surface area contributed by atoms with E-state index in [1.807, 2.05) is 0 Å². The van der Waals surface area contributed by atoms with Gasteiger partial charge in [0.1, 0.15) is 28.9 Å². The van der Waals surface area contributed by atoms with E-state index >= 15 is 0 Å². The quantitative estimate of drug-likeness (QED) is 0.750. The molecule has 1 unspecified atom stereocenters. The van der Waals surface area contributed by atoms with Crippen LogP contribution in [0.1, 0.15) is 19.3 Å². The second-order valence-corrected chi connectivity index (χ2v) is 7.01. The van der Waals surface area contributed by atoms with Crippen molar-refractivity contribution in [2.24, 2.45) is 5.92 Å². The van der Waals surface area contributed by atoms with Crippen molar-refractivity contribution in [1.82, 2.24) is 10.3 Å². The summed E-state index contributed by atoms with van der Waals surface area (Å²) in [7, 11) is 0. The number of halogens is 1. The number of anilines is 1. The number of pyridine rings is 1. The smallest absolute Gasteiger partial charge is 0.413 e. The number of amides is 2. The van der Waals surface area contributed by atoms with Crippen LogP contribution in [-0.2, 0) is 4.79 Å². The summed E-state index contributed by atoms with van der Waals surface area (Å²) >= 11 is 0. The lowest BCUT2D eigenvalue weighted by molar-refractivity contribution is -0.117. The number of allylic oxidation sites excluding steroid dienone is 1. The molecule has 2 aliphatic rings. The van der Waals surface area contributed by atoms with Gasteiger partial charge in [-0.05, 0) is 43.5 Å². The van der Waals surface area contributed by atoms with E-state index in [0.717, 1.165) is 12.8 Å². The van der Waals surface area contributed by atoms with Crippen LogP contribution in [0.15, 0.2) is 72.4 Å². The van der Waals surface area contributed by atoms with E-state index in [-0.39, 0.29) is 18.2 Å². The van der Waals surface area contributed by atoms with Crippen molar-refractivity contribution >= 4 is 17.8 Å². The maximum absolute atomic E-state index is 14.4. The number of aromatic nitrogens is 1. The van der Waals surface area contributed by atoms with Gasteiger partial charge in [0.25, 0.3) is 0 Å². The predicted molar refractivity (Wildman–Crippen MR) is 107 cm³/mol. The third kappa shape index (κ3) is 5.22. The lowest BCUT2D eigenvalue weighted by Crippen LogP contribution is -2.38. The summed E-state index contributed by atoms with van der Waals surface area (Å²) in [5, 5.41) is 5.23. The zero-order valence-corrected chi connectivity index (χ0v) is 16.0. The van der Waals surface area contributed by atoms with Crippen molar-refractivity contribution in [3.8, 4) is 11.5 Å². The molecule has 1 heterocycles. The van der Waals surface area contributed by atoms with E-state index in [9.17, 15) is 14.0 Å². The van der Waals surface area contributed by atoms with E-state index in [1.165, 1.54) is 12.3 Å². The zero-order valence-electron chi connectivity index (χ0n) is 16.0. The number of benzene rings is 1. The zero-order chi connectivity index (χ0) is 20.9. The van der Waals surface area contributed by atoms with E-state index in [2.05, 4.69) is 15.6 Å². The standard InChI is InChI=1S/C22H20FN3O4/c23-18-12-16(8-9-19(18)25-22(28)30-15-4-2-1-3-5-15)29-17-10-11-24-20(13-17)26-21(27)14-6-7-14/h1-5,8,10-14,19H,6-7,9H2,(H,25,28)(H,24,26,27). The van der Waals surface area contributed by atoms with Crippen LogP contribution in [0.2, 0.25) is 0 Å². The van der Waals surface area contributed by atoms with Gasteiger partial charge in [0.2, 0.25) is 5.91 Å². The fourth-order valence-corrected chi connectivity index (χ4v) is 2.86. The average Bonchev–Trinajstić information content (AvgIpc) is 3.57. The molecule has 8 heteroatoms. The van der Waals surface area contributed by atoms with Crippen LogP contribution < -0.4 is 20.1 Å². The highest BCUT2D eigenvalue weighted by Crippen LogP contribution is 2.30. The molecule has 1 fully saturated rings. The molecule has 0 radical (unpaired) electrons. The number of hydrogen-bond donors (Lipinski definition) is 2. The van der Waals surface area contributed by atoms with Crippen LogP contribution in [0.4, 0.5) is 15.0 Å². The number of rotatable bonds is 6. The van der Waals surface area contributed by atoms with E-state index in [0.29, 0.717) is 23.1 Å². The highest BCUT2D eigenvalue weighted by molar-refractivity contribution is 5.93. The van der Waals surface area contributed by atoms with Gasteiger partial charge in [0.15, 0.2) is 0 Å². The molecule has 2 N–H and O–H groups in total. The lowest BCUT2D eigenvalue weighted by Gasteiger charge is -2.20. The molecule has 2 amide bonds. The summed E-state index contributed by atoms with van der Waals surface area (Å²) in [6, 6.07) is 10.9. The Labute approximate surface area is 172 Å². The number of carbonyl (C=O) groups is 2. The monoisotopic (exact) mass is 409 g/mol. The van der Waals surface area contributed by atoms with Gasteiger partial charge in [-0.1, -0.05) is 18.2 Å². The number of hydrogen-bond acceptors (Lipinski definition) is 5. The molecule has 7 nitrogen and oxygen atoms in total. The van der Waals surface area contributed by atoms with E-state index in [4.69, 9.17) is 9.47 Å². The second kappa shape index (κ2) is 8.77. The minimum atomic E-state index is -0.834. The van der Waals surface area contributed by atoms with Crippen molar-refractivity contribution in [3.63, 3.8) is 0 Å². The van der Waals surface area contributed by atoms with Crippen LogP contribution >= 0.6 is 0 Å². The molecule has 0 spiro atoms. The van der Waals surface area contributed by atoms with Crippen molar-refractivity contribution in [2.75, 3.05) is 5.32 Å². The highest BCUT2D eigenvalue weighted by Gasteiger charge is 2.29. The molecular weight excluding hydrogens is 389 g/mol. The minimum absolute atomic E-state index is 0.0567. The molecule has 4 rings (SSSR count). The Hall–Kier alpha value is -3.68. The summed E-state index contributed by atoms with van der Waals surface area (Å²) in [6.07, 6.45) is 5.64. The van der Waals surface area contributed by atoms with Gasteiger partial charge >= 0.3 is 6.09 Å². The van der Waals surface area contributed by atoms with Crippen LogP contribution in [0.3, 0.4) is 0 Å². The summed E-state index contributed by atoms with van der Waals surface area (Å²) in [5.74, 6) is 0.930. The van der Waals surface area contributed by atoms with Crippen molar-refractivity contribution in [1.29, 1.82) is 0 Å². The Morgan fingerprint density at radius 3 is 2.63 bits per heavy atom. The van der Waals surface area contributed by atoms with Crippen LogP contribution in [0.25, 0.3) is 0 Å². The fraction of sp³-hybridized carbons (Fsp3) is 0.227. The van der Waals surface area contributed by atoms with Gasteiger partial charge in [0, 0.05) is 24.3 Å². The van der Waals surface area contributed by atoms with Gasteiger partial charge < -0.3 is 20.1 Å². The summed E-state index contributed by atoms with van der Waals surface area (Å²) in [4.78, 5) is 27.9. The molecule has 154 valence electrons. The van der Waals surface area contributed by atoms with Gasteiger partial charge in [-0.25, -0.2) is 14.2 Å². The first kappa shape index (κ1) is 19.6. The molecule has 0 saturated heterocycles. The molecule has 1 aromatic heterocycles. The Bertz CT molecular complexity index is 1000. The van der Waals surface area contributed by atoms with Crippen molar-refractivity contribution in [3.05, 3.63) is 72.4 Å². The molecule has 0 bridgehead atoms. The number of nitrogens with zero attached hydrogens (tertiary/aromatic N) is 1. The van der Waals surface area contributed by atoms with Crippen LogP contribution in [0, 0.1) is 5.92 Å². The maximum atomic E-state index is 14.4. The Morgan fingerprint density at radius 1 is 1.10 bits per heavy atom. The first-order chi connectivity index (χ1) is 14.6. The Kier molecular flexibility index (Phi) is 5.74. The largest absolute Gasteiger partial charge is 0.457 e. The normalized spacial score (nSPS) is 18.0. The molecule has 1 saturated carbocycles. The first-order valence-electron chi connectivity index (χ1n) is 9.62. The predicted octanol–water partition coefficient (Wildman–Crippen LogP) is 4.11. The van der Waals surface area contributed by atoms with E-state index in [1.54, 1.807) is 48.5 Å². The van der Waals surface area contributed by atoms with Crippen LogP contribution in [0.5, 0.6) is 11.5 Å². The topological polar surface area (TPSA) is 89.5 Å². The number of ether oxygens (including phenoxy) is 2. The minimum Gasteiger partial charge on any atom is -0.457 e. The van der Waals surface area contributed by atoms with Crippen molar-refractivity contribution in [2.45, 2.75) is 25.3 Å². The second-order valence-electron chi connectivity index (χ2n) is 7.01. The first-order valence-corrected chi connectivity index (χ1v) is 9.62. The molecule has 1 atom stereocenters. The third-order valence-electron chi connectivity index (χ3n) is 4.58. The number of carbonyl (C=O) groups excluding carboxylic acids is 2. The van der Waals surface area contributed by atoms with Gasteiger partial charge in [-0.2, -0.15) is 0 Å². The van der Waals surface area contributed by atoms with Crippen LogP contribution in [-0.4, -0.2) is 23.0 Å². The Morgan fingerprint density at radius 2 is 1.90 bits per heavy atom. The van der Waals surface area contributed by atoms with Gasteiger partial charge in [-0.3, -0.25) is 4.79 Å². The van der Waals surface area contributed by atoms with E-state index < -0.39 is 18.0 Å². The van der Waals surface area contributed by atoms with Gasteiger partial charge in [-0.15, -0.1) is 0 Å². The Balaban J connectivity index is 1.32. The molecule has 2 aliphatic carbocycles. The SMILES string of the molecule is O=C(NC1CC=C(Oc2ccnc(NC(=O)C3CC3)c2)C=C1F)Oc1ccccc1. The number of para-hydroxylation sites is 1. The summed E-state index contributed by atoms with van der Waals surface area (Å²) < 4.78 is 25.2. The number of nitrogens with one attached hydrogen (secondary N) is 2. The third-order valence-corrected chi connectivity index (χ3v) is 4.58. The summed E-state index contributed by atoms with van der Waals surface area (Å²) in [6.45, 7) is 0. The lowest BCUT2D eigenvalue weighted by atomic mass is 10.1. The van der Waals surface area contributed by atoms with Gasteiger partial charge in [0.05, 0.1) is 6.04 Å². The highest BCUT2D eigenvalue weighted by atomic mass is 19.1.